The summed E-state index contributed by atoms with van der Waals surface area (Å²) in [5.74, 6) is 1.97. The average molecular weight is 317 g/mol. The van der Waals surface area contributed by atoms with Gasteiger partial charge >= 0.3 is 5.97 Å². The number of carbonyl (C=O) groups is 1. The second kappa shape index (κ2) is 6.52. The monoisotopic (exact) mass is 317 g/mol. The Kier molecular flexibility index (Phi) is 4.62. The van der Waals surface area contributed by atoms with Crippen LogP contribution in [0.1, 0.15) is 49.5 Å². The maximum Gasteiger partial charge on any atom is 0.338 e. The summed E-state index contributed by atoms with van der Waals surface area (Å²) >= 11 is 0. The topological polar surface area (TPSA) is 61.5 Å². The van der Waals surface area contributed by atoms with Crippen LogP contribution in [0.5, 0.6) is 5.75 Å². The zero-order chi connectivity index (χ0) is 16.6. The number of benzene rings is 1. The molecule has 4 nitrogen and oxygen atoms in total. The Balaban J connectivity index is 1.75. The smallest absolute Gasteiger partial charge is 0.338 e. The fraction of sp³-hybridized carbons (Fsp3) is 0.632. The Bertz CT molecular complexity index is 584. The molecular weight excluding hydrogens is 290 g/mol. The van der Waals surface area contributed by atoms with Crippen LogP contribution < -0.4 is 10.5 Å². The van der Waals surface area contributed by atoms with Gasteiger partial charge in [0.15, 0.2) is 0 Å². The molecule has 2 aliphatic rings. The molecule has 1 aromatic carbocycles. The largest absolute Gasteiger partial charge is 0.493 e. The summed E-state index contributed by atoms with van der Waals surface area (Å²) in [5, 5.41) is 0. The highest BCUT2D eigenvalue weighted by Gasteiger charge is 2.38. The fourth-order valence-corrected chi connectivity index (χ4v) is 4.28. The first-order valence-electron chi connectivity index (χ1n) is 8.68. The summed E-state index contributed by atoms with van der Waals surface area (Å²) in [4.78, 5) is 12.6. The van der Waals surface area contributed by atoms with Gasteiger partial charge in [-0.25, -0.2) is 4.79 Å². The standard InChI is InChI=1S/C19H27NO3/c1-11(2)18-12(3)8-15(20)10-17(18)23-19(21)14-4-5-16-13(9-14)6-7-22-16/h4-5,9,11-12,15,17-18H,6-8,10,20H2,1-3H3/t12-,15-,17?,18-/m1/s1. The van der Waals surface area contributed by atoms with Crippen LogP contribution in [-0.2, 0) is 11.2 Å². The number of hydrogen-bond acceptors (Lipinski definition) is 4. The number of esters is 1. The fourth-order valence-electron chi connectivity index (χ4n) is 4.28. The van der Waals surface area contributed by atoms with E-state index in [-0.39, 0.29) is 18.1 Å². The first-order chi connectivity index (χ1) is 11.0. The van der Waals surface area contributed by atoms with Crippen molar-refractivity contribution in [3.05, 3.63) is 29.3 Å². The molecule has 1 fully saturated rings. The van der Waals surface area contributed by atoms with E-state index in [0.29, 0.717) is 29.9 Å². The molecule has 0 saturated heterocycles. The van der Waals surface area contributed by atoms with Gasteiger partial charge in [0, 0.05) is 18.4 Å². The molecule has 4 atom stereocenters. The first kappa shape index (κ1) is 16.3. The van der Waals surface area contributed by atoms with Crippen molar-refractivity contribution in [3.63, 3.8) is 0 Å². The molecule has 126 valence electrons. The second-order valence-electron chi connectivity index (χ2n) is 7.39. The molecule has 1 aromatic rings. The van der Waals surface area contributed by atoms with E-state index in [1.165, 1.54) is 0 Å². The quantitative estimate of drug-likeness (QED) is 0.870. The molecular formula is C19H27NO3. The number of ether oxygens (including phenoxy) is 2. The number of fused-ring (bicyclic) bond motifs is 1. The van der Waals surface area contributed by atoms with Crippen LogP contribution >= 0.6 is 0 Å². The Morgan fingerprint density at radius 3 is 2.87 bits per heavy atom. The van der Waals surface area contributed by atoms with E-state index in [4.69, 9.17) is 15.2 Å². The van der Waals surface area contributed by atoms with Gasteiger partial charge in [0.2, 0.25) is 0 Å². The summed E-state index contributed by atoms with van der Waals surface area (Å²) < 4.78 is 11.4. The van der Waals surface area contributed by atoms with Crippen LogP contribution in [0.25, 0.3) is 0 Å². The van der Waals surface area contributed by atoms with Crippen LogP contribution in [0.3, 0.4) is 0 Å². The Morgan fingerprint density at radius 2 is 2.13 bits per heavy atom. The van der Waals surface area contributed by atoms with Crippen molar-refractivity contribution in [1.82, 2.24) is 0 Å². The highest BCUT2D eigenvalue weighted by atomic mass is 16.5. The lowest BCUT2D eigenvalue weighted by Crippen LogP contribution is -2.45. The molecule has 1 aliphatic heterocycles. The van der Waals surface area contributed by atoms with E-state index in [9.17, 15) is 4.79 Å². The molecule has 0 bridgehead atoms. The lowest BCUT2D eigenvalue weighted by Gasteiger charge is -2.41. The summed E-state index contributed by atoms with van der Waals surface area (Å²) in [6.45, 7) is 7.31. The third kappa shape index (κ3) is 3.37. The van der Waals surface area contributed by atoms with E-state index in [2.05, 4.69) is 20.8 Å². The molecule has 1 saturated carbocycles. The van der Waals surface area contributed by atoms with Crippen molar-refractivity contribution in [2.75, 3.05) is 6.61 Å². The van der Waals surface area contributed by atoms with Gasteiger partial charge in [-0.05, 0) is 48.4 Å². The van der Waals surface area contributed by atoms with Crippen molar-refractivity contribution in [2.45, 2.75) is 52.2 Å². The molecule has 23 heavy (non-hydrogen) atoms. The number of hydrogen-bond donors (Lipinski definition) is 1. The van der Waals surface area contributed by atoms with Gasteiger partial charge in [-0.2, -0.15) is 0 Å². The molecule has 4 heteroatoms. The van der Waals surface area contributed by atoms with Crippen LogP contribution in [-0.4, -0.2) is 24.7 Å². The summed E-state index contributed by atoms with van der Waals surface area (Å²) in [5.41, 5.74) is 7.86. The van der Waals surface area contributed by atoms with Crippen LogP contribution in [0, 0.1) is 17.8 Å². The lowest BCUT2D eigenvalue weighted by molar-refractivity contribution is -0.0284. The Labute approximate surface area is 138 Å². The summed E-state index contributed by atoms with van der Waals surface area (Å²) in [6, 6.07) is 5.68. The lowest BCUT2D eigenvalue weighted by atomic mass is 9.71. The highest BCUT2D eigenvalue weighted by molar-refractivity contribution is 5.90. The maximum atomic E-state index is 12.6. The predicted molar refractivity (Wildman–Crippen MR) is 89.5 cm³/mol. The van der Waals surface area contributed by atoms with Gasteiger partial charge < -0.3 is 15.2 Å². The van der Waals surface area contributed by atoms with E-state index in [1.54, 1.807) is 6.07 Å². The molecule has 0 aromatic heterocycles. The van der Waals surface area contributed by atoms with E-state index < -0.39 is 0 Å². The minimum atomic E-state index is -0.239. The van der Waals surface area contributed by atoms with Crippen LogP contribution in [0.15, 0.2) is 18.2 Å². The molecule has 1 aliphatic carbocycles. The van der Waals surface area contributed by atoms with E-state index >= 15 is 0 Å². The van der Waals surface area contributed by atoms with E-state index in [0.717, 1.165) is 30.6 Å². The molecule has 0 spiro atoms. The van der Waals surface area contributed by atoms with Crippen LogP contribution in [0.2, 0.25) is 0 Å². The zero-order valence-electron chi connectivity index (χ0n) is 14.2. The SMILES string of the molecule is CC(C)[C@H]1C(OC(=O)c2ccc3c(c2)CCO3)C[C@H](N)C[C@H]1C. The molecule has 0 amide bonds. The van der Waals surface area contributed by atoms with E-state index in [1.807, 2.05) is 12.1 Å². The Morgan fingerprint density at radius 1 is 1.35 bits per heavy atom. The van der Waals surface area contributed by atoms with Gasteiger partial charge in [-0.15, -0.1) is 0 Å². The number of carbonyl (C=O) groups excluding carboxylic acids is 1. The molecule has 3 rings (SSSR count). The van der Waals surface area contributed by atoms with Crippen molar-refractivity contribution in [1.29, 1.82) is 0 Å². The normalized spacial score (nSPS) is 30.0. The number of nitrogens with two attached hydrogens (primary N) is 1. The van der Waals surface area contributed by atoms with Gasteiger partial charge in [0.1, 0.15) is 11.9 Å². The number of rotatable bonds is 3. The Hall–Kier alpha value is -1.55. The minimum Gasteiger partial charge on any atom is -0.493 e. The first-order valence-corrected chi connectivity index (χ1v) is 8.68. The van der Waals surface area contributed by atoms with Crippen molar-refractivity contribution < 1.29 is 14.3 Å². The van der Waals surface area contributed by atoms with Crippen molar-refractivity contribution in [2.24, 2.45) is 23.5 Å². The second-order valence-corrected chi connectivity index (χ2v) is 7.39. The summed E-state index contributed by atoms with van der Waals surface area (Å²) in [6.07, 6.45) is 2.53. The third-order valence-electron chi connectivity index (χ3n) is 5.25. The predicted octanol–water partition coefficient (Wildman–Crippen LogP) is 3.18. The van der Waals surface area contributed by atoms with Crippen molar-refractivity contribution >= 4 is 5.97 Å². The minimum absolute atomic E-state index is 0.0919. The van der Waals surface area contributed by atoms with Crippen molar-refractivity contribution in [3.8, 4) is 5.75 Å². The zero-order valence-corrected chi connectivity index (χ0v) is 14.2. The average Bonchev–Trinajstić information content (AvgIpc) is 2.93. The van der Waals surface area contributed by atoms with Gasteiger partial charge in [0.25, 0.3) is 0 Å². The van der Waals surface area contributed by atoms with Gasteiger partial charge in [-0.1, -0.05) is 20.8 Å². The molecule has 2 N–H and O–H groups in total. The highest BCUT2D eigenvalue weighted by Crippen LogP contribution is 2.37. The molecule has 1 heterocycles. The summed E-state index contributed by atoms with van der Waals surface area (Å²) in [7, 11) is 0. The van der Waals surface area contributed by atoms with Crippen LogP contribution in [0.4, 0.5) is 0 Å². The third-order valence-corrected chi connectivity index (χ3v) is 5.25. The van der Waals surface area contributed by atoms with Gasteiger partial charge in [0.05, 0.1) is 12.2 Å². The van der Waals surface area contributed by atoms with Gasteiger partial charge in [-0.3, -0.25) is 0 Å². The molecule has 0 radical (unpaired) electrons. The molecule has 1 unspecified atom stereocenters. The maximum absolute atomic E-state index is 12.6.